The van der Waals surface area contributed by atoms with Crippen molar-refractivity contribution in [2.24, 2.45) is 0 Å². The monoisotopic (exact) mass is 276 g/mol. The number of carbonyl (C=O) groups is 1. The van der Waals surface area contributed by atoms with Crippen molar-refractivity contribution in [2.45, 2.75) is 19.9 Å². The molecule has 0 spiro atoms. The summed E-state index contributed by atoms with van der Waals surface area (Å²) in [4.78, 5) is 16.8. The zero-order valence-electron chi connectivity index (χ0n) is 12.6. The molecule has 110 valence electrons. The minimum absolute atomic E-state index is 0.185. The molecule has 2 rings (SSSR count). The molecule has 1 aromatic carbocycles. The minimum atomic E-state index is 0.185. The molecular weight excluding hydrogens is 252 g/mol. The highest BCUT2D eigenvalue weighted by molar-refractivity contribution is 5.97. The summed E-state index contributed by atoms with van der Waals surface area (Å²) in [5.74, 6) is 1.00. The molecule has 0 amide bonds. The molecule has 1 unspecified atom stereocenters. The van der Waals surface area contributed by atoms with Gasteiger partial charge in [0.25, 0.3) is 0 Å². The zero-order chi connectivity index (χ0) is 14.5. The largest absolute Gasteiger partial charge is 0.494 e. The molecule has 1 heterocycles. The van der Waals surface area contributed by atoms with Gasteiger partial charge in [0.2, 0.25) is 0 Å². The number of nitrogens with zero attached hydrogens (tertiary/aromatic N) is 2. The molecule has 1 atom stereocenters. The molecule has 20 heavy (non-hydrogen) atoms. The van der Waals surface area contributed by atoms with E-state index in [4.69, 9.17) is 4.74 Å². The van der Waals surface area contributed by atoms with Crippen LogP contribution >= 0.6 is 0 Å². The molecule has 1 saturated heterocycles. The normalized spacial score (nSPS) is 20.9. The van der Waals surface area contributed by atoms with E-state index in [9.17, 15) is 4.79 Å². The molecule has 1 fully saturated rings. The van der Waals surface area contributed by atoms with Crippen LogP contribution in [0, 0.1) is 0 Å². The Morgan fingerprint density at radius 2 is 2.00 bits per heavy atom. The molecule has 1 aliphatic heterocycles. The molecular formula is C16H24N2O2. The predicted molar refractivity (Wildman–Crippen MR) is 80.5 cm³/mol. The molecule has 0 aromatic heterocycles. The predicted octanol–water partition coefficient (Wildman–Crippen LogP) is 1.90. The molecule has 0 aliphatic carbocycles. The van der Waals surface area contributed by atoms with Gasteiger partial charge in [0.15, 0.2) is 5.78 Å². The number of rotatable bonds is 5. The molecule has 0 saturated carbocycles. The standard InChI is InChI=1S/C16H24N2O2/c1-4-20-15-7-5-14(6-8-15)16(19)12-18-10-9-17(3)13(2)11-18/h5-8,13H,4,9-12H2,1-3H3. The van der Waals surface area contributed by atoms with Gasteiger partial charge < -0.3 is 9.64 Å². The van der Waals surface area contributed by atoms with Crippen molar-refractivity contribution in [3.8, 4) is 5.75 Å². The van der Waals surface area contributed by atoms with Crippen LogP contribution < -0.4 is 4.74 Å². The van der Waals surface area contributed by atoms with Gasteiger partial charge in [-0.2, -0.15) is 0 Å². The average molecular weight is 276 g/mol. The highest BCUT2D eigenvalue weighted by atomic mass is 16.5. The number of Topliss-reactive ketones (excluding diaryl/α,β-unsaturated/α-hetero) is 1. The number of likely N-dealkylation sites (N-methyl/N-ethyl adjacent to an activating group) is 1. The van der Waals surface area contributed by atoms with Gasteiger partial charge in [0, 0.05) is 31.2 Å². The fraction of sp³-hybridized carbons (Fsp3) is 0.562. The Balaban J connectivity index is 1.91. The highest BCUT2D eigenvalue weighted by Gasteiger charge is 2.22. The summed E-state index contributed by atoms with van der Waals surface area (Å²) in [5.41, 5.74) is 0.764. The molecule has 0 N–H and O–H groups in total. The number of hydrogen-bond acceptors (Lipinski definition) is 4. The first-order valence-electron chi connectivity index (χ1n) is 7.28. The van der Waals surface area contributed by atoms with E-state index in [0.29, 0.717) is 19.2 Å². The summed E-state index contributed by atoms with van der Waals surface area (Å²) in [7, 11) is 2.14. The number of benzene rings is 1. The van der Waals surface area contributed by atoms with Gasteiger partial charge >= 0.3 is 0 Å². The molecule has 1 aromatic rings. The Morgan fingerprint density at radius 1 is 1.30 bits per heavy atom. The lowest BCUT2D eigenvalue weighted by molar-refractivity contribution is 0.0786. The van der Waals surface area contributed by atoms with Crippen LogP contribution in [-0.4, -0.2) is 61.5 Å². The molecule has 4 nitrogen and oxygen atoms in total. The SMILES string of the molecule is CCOc1ccc(C(=O)CN2CCN(C)C(C)C2)cc1. The molecule has 0 bridgehead atoms. The van der Waals surface area contributed by atoms with Crippen molar-refractivity contribution in [1.82, 2.24) is 9.80 Å². The lowest BCUT2D eigenvalue weighted by Gasteiger charge is -2.37. The lowest BCUT2D eigenvalue weighted by Crippen LogP contribution is -2.51. The van der Waals surface area contributed by atoms with Gasteiger partial charge in [-0.1, -0.05) is 0 Å². The summed E-state index contributed by atoms with van der Waals surface area (Å²) in [5, 5.41) is 0. The number of ketones is 1. The number of hydrogen-bond donors (Lipinski definition) is 0. The number of ether oxygens (including phenoxy) is 1. The second-order valence-corrected chi connectivity index (χ2v) is 5.45. The average Bonchev–Trinajstić information content (AvgIpc) is 2.44. The van der Waals surface area contributed by atoms with Gasteiger partial charge in [-0.25, -0.2) is 0 Å². The maximum absolute atomic E-state index is 12.3. The van der Waals surface area contributed by atoms with Gasteiger partial charge in [0.1, 0.15) is 5.75 Å². The van der Waals surface area contributed by atoms with Crippen molar-refractivity contribution in [2.75, 3.05) is 39.8 Å². The Morgan fingerprint density at radius 3 is 2.60 bits per heavy atom. The minimum Gasteiger partial charge on any atom is -0.494 e. The van der Waals surface area contributed by atoms with Crippen molar-refractivity contribution < 1.29 is 9.53 Å². The van der Waals surface area contributed by atoms with Crippen LogP contribution in [0.3, 0.4) is 0 Å². The second-order valence-electron chi connectivity index (χ2n) is 5.45. The van der Waals surface area contributed by atoms with E-state index in [1.54, 1.807) is 0 Å². The summed E-state index contributed by atoms with van der Waals surface area (Å²) in [6, 6.07) is 7.95. The van der Waals surface area contributed by atoms with Crippen LogP contribution in [0.1, 0.15) is 24.2 Å². The van der Waals surface area contributed by atoms with E-state index < -0.39 is 0 Å². The van der Waals surface area contributed by atoms with Crippen LogP contribution in [0.5, 0.6) is 5.75 Å². The lowest BCUT2D eigenvalue weighted by atomic mass is 10.1. The smallest absolute Gasteiger partial charge is 0.176 e. The fourth-order valence-electron chi connectivity index (χ4n) is 2.47. The first-order chi connectivity index (χ1) is 9.60. The van der Waals surface area contributed by atoms with Gasteiger partial charge in [-0.05, 0) is 45.2 Å². The summed E-state index contributed by atoms with van der Waals surface area (Å²) >= 11 is 0. The fourth-order valence-corrected chi connectivity index (χ4v) is 2.47. The van der Waals surface area contributed by atoms with Crippen molar-refractivity contribution >= 4 is 5.78 Å². The van der Waals surface area contributed by atoms with Crippen LogP contribution in [0.15, 0.2) is 24.3 Å². The summed E-state index contributed by atoms with van der Waals surface area (Å²) in [6.07, 6.45) is 0. The van der Waals surface area contributed by atoms with Crippen LogP contribution in [0.2, 0.25) is 0 Å². The summed E-state index contributed by atoms with van der Waals surface area (Å²) in [6.45, 7) is 8.25. The van der Waals surface area contributed by atoms with Crippen molar-refractivity contribution in [3.63, 3.8) is 0 Å². The topological polar surface area (TPSA) is 32.8 Å². The van der Waals surface area contributed by atoms with E-state index in [1.807, 2.05) is 31.2 Å². The first kappa shape index (κ1) is 15.0. The third-order valence-electron chi connectivity index (χ3n) is 3.90. The third kappa shape index (κ3) is 3.81. The number of piperazine rings is 1. The Hall–Kier alpha value is -1.39. The second kappa shape index (κ2) is 6.86. The molecule has 0 radical (unpaired) electrons. The van der Waals surface area contributed by atoms with E-state index >= 15 is 0 Å². The van der Waals surface area contributed by atoms with Gasteiger partial charge in [-0.3, -0.25) is 9.69 Å². The first-order valence-corrected chi connectivity index (χ1v) is 7.28. The van der Waals surface area contributed by atoms with Crippen LogP contribution in [0.4, 0.5) is 0 Å². The van der Waals surface area contributed by atoms with Gasteiger partial charge in [-0.15, -0.1) is 0 Å². The van der Waals surface area contributed by atoms with E-state index in [-0.39, 0.29) is 5.78 Å². The van der Waals surface area contributed by atoms with Crippen molar-refractivity contribution in [1.29, 1.82) is 0 Å². The maximum Gasteiger partial charge on any atom is 0.176 e. The van der Waals surface area contributed by atoms with Crippen molar-refractivity contribution in [3.05, 3.63) is 29.8 Å². The maximum atomic E-state index is 12.3. The third-order valence-corrected chi connectivity index (χ3v) is 3.90. The zero-order valence-corrected chi connectivity index (χ0v) is 12.6. The molecule has 1 aliphatic rings. The Labute approximate surface area is 121 Å². The van der Waals surface area contributed by atoms with E-state index in [2.05, 4.69) is 23.8 Å². The molecule has 4 heteroatoms. The van der Waals surface area contributed by atoms with Crippen LogP contribution in [0.25, 0.3) is 0 Å². The van der Waals surface area contributed by atoms with E-state index in [1.165, 1.54) is 0 Å². The Kier molecular flexibility index (Phi) is 5.15. The van der Waals surface area contributed by atoms with Crippen LogP contribution in [-0.2, 0) is 0 Å². The summed E-state index contributed by atoms with van der Waals surface area (Å²) < 4.78 is 5.39. The van der Waals surface area contributed by atoms with E-state index in [0.717, 1.165) is 30.9 Å². The highest BCUT2D eigenvalue weighted by Crippen LogP contribution is 2.14. The number of carbonyl (C=O) groups excluding carboxylic acids is 1. The van der Waals surface area contributed by atoms with Gasteiger partial charge in [0.05, 0.1) is 13.2 Å². The quantitative estimate of drug-likeness (QED) is 0.769. The Bertz CT molecular complexity index is 444.